The third-order valence-electron chi connectivity index (χ3n) is 6.53. The van der Waals surface area contributed by atoms with Crippen molar-refractivity contribution in [1.82, 2.24) is 20.1 Å². The maximum Gasteiger partial charge on any atom is 0.255 e. The van der Waals surface area contributed by atoms with Gasteiger partial charge in [0.1, 0.15) is 11.2 Å². The van der Waals surface area contributed by atoms with Crippen molar-refractivity contribution in [2.45, 2.75) is 32.0 Å². The van der Waals surface area contributed by atoms with E-state index in [9.17, 15) is 14.4 Å². The second kappa shape index (κ2) is 9.04. The molecular formula is C23H23BrClN5O3. The summed E-state index contributed by atoms with van der Waals surface area (Å²) >= 11 is 9.68. The van der Waals surface area contributed by atoms with E-state index in [1.54, 1.807) is 11.1 Å². The highest BCUT2D eigenvalue weighted by Crippen LogP contribution is 2.32. The van der Waals surface area contributed by atoms with Gasteiger partial charge in [0, 0.05) is 57.4 Å². The number of fused-ring (bicyclic) bond motifs is 1. The average Bonchev–Trinajstić information content (AvgIpc) is 3.12. The number of piperazine rings is 1. The summed E-state index contributed by atoms with van der Waals surface area (Å²) in [6.45, 7) is 4.78. The maximum absolute atomic E-state index is 12.9. The molecule has 2 aromatic rings. The minimum atomic E-state index is -0.583. The summed E-state index contributed by atoms with van der Waals surface area (Å²) in [7, 11) is 0. The smallest absolute Gasteiger partial charge is 0.255 e. The van der Waals surface area contributed by atoms with E-state index in [1.165, 1.54) is 0 Å². The number of piperidine rings is 1. The van der Waals surface area contributed by atoms with Crippen LogP contribution in [0.4, 0.5) is 5.69 Å². The number of nitrogens with one attached hydrogen (secondary N) is 1. The Morgan fingerprint density at radius 1 is 1.12 bits per heavy atom. The number of pyridine rings is 1. The van der Waals surface area contributed by atoms with Gasteiger partial charge in [0.25, 0.3) is 5.91 Å². The molecule has 0 radical (unpaired) electrons. The highest BCUT2D eigenvalue weighted by Gasteiger charge is 2.39. The van der Waals surface area contributed by atoms with Crippen molar-refractivity contribution in [2.24, 2.45) is 0 Å². The number of benzene rings is 1. The van der Waals surface area contributed by atoms with Crippen molar-refractivity contribution in [3.8, 4) is 0 Å². The Bertz CT molecular complexity index is 1140. The summed E-state index contributed by atoms with van der Waals surface area (Å²) < 4.78 is 0.823. The van der Waals surface area contributed by atoms with E-state index >= 15 is 0 Å². The predicted molar refractivity (Wildman–Crippen MR) is 127 cm³/mol. The second-order valence-electron chi connectivity index (χ2n) is 8.59. The Balaban J connectivity index is 1.22. The lowest BCUT2D eigenvalue weighted by Gasteiger charge is -2.36. The fourth-order valence-corrected chi connectivity index (χ4v) is 5.42. The van der Waals surface area contributed by atoms with Crippen molar-refractivity contribution < 1.29 is 14.4 Å². The van der Waals surface area contributed by atoms with Gasteiger partial charge in [-0.2, -0.15) is 0 Å². The number of imide groups is 1. The first-order valence-electron chi connectivity index (χ1n) is 10.9. The van der Waals surface area contributed by atoms with E-state index in [2.05, 4.69) is 42.1 Å². The van der Waals surface area contributed by atoms with Crippen molar-refractivity contribution in [3.63, 3.8) is 0 Å². The van der Waals surface area contributed by atoms with Gasteiger partial charge in [-0.05, 0) is 45.6 Å². The zero-order chi connectivity index (χ0) is 23.1. The Hall–Kier alpha value is -2.49. The monoisotopic (exact) mass is 531 g/mol. The van der Waals surface area contributed by atoms with Crippen molar-refractivity contribution in [2.75, 3.05) is 31.1 Å². The molecule has 1 N–H and O–H groups in total. The van der Waals surface area contributed by atoms with Crippen LogP contribution < -0.4 is 10.2 Å². The van der Waals surface area contributed by atoms with Crippen molar-refractivity contribution >= 4 is 50.9 Å². The first-order chi connectivity index (χ1) is 15.9. The Morgan fingerprint density at radius 2 is 1.91 bits per heavy atom. The lowest BCUT2D eigenvalue weighted by molar-refractivity contribution is -0.136. The molecule has 5 rings (SSSR count). The Labute approximate surface area is 205 Å². The number of nitrogens with zero attached hydrogens (tertiary/aromatic N) is 4. The lowest BCUT2D eigenvalue weighted by atomic mass is 10.0. The minimum absolute atomic E-state index is 0.138. The van der Waals surface area contributed by atoms with E-state index in [0.29, 0.717) is 23.7 Å². The molecule has 1 unspecified atom stereocenters. The molecule has 1 aromatic heterocycles. The number of anilines is 1. The minimum Gasteiger partial charge on any atom is -0.368 e. The van der Waals surface area contributed by atoms with E-state index in [0.717, 1.165) is 54.0 Å². The zero-order valence-electron chi connectivity index (χ0n) is 17.9. The predicted octanol–water partition coefficient (Wildman–Crippen LogP) is 2.58. The molecule has 3 aliphatic heterocycles. The van der Waals surface area contributed by atoms with E-state index < -0.39 is 6.04 Å². The van der Waals surface area contributed by atoms with Crippen LogP contribution in [0.2, 0.25) is 5.15 Å². The topological polar surface area (TPSA) is 85.9 Å². The molecule has 3 amide bonds. The fourth-order valence-electron chi connectivity index (χ4n) is 4.78. The van der Waals surface area contributed by atoms with Gasteiger partial charge in [-0.25, -0.2) is 4.98 Å². The second-order valence-corrected chi connectivity index (χ2v) is 9.74. The van der Waals surface area contributed by atoms with Crippen LogP contribution in [0.25, 0.3) is 0 Å². The number of amides is 3. The molecular weight excluding hydrogens is 510 g/mol. The molecule has 1 aromatic carbocycles. The number of carbonyl (C=O) groups is 3. The van der Waals surface area contributed by atoms with Crippen LogP contribution in [-0.4, -0.2) is 64.7 Å². The maximum atomic E-state index is 12.9. The van der Waals surface area contributed by atoms with Crippen molar-refractivity contribution in [1.29, 1.82) is 0 Å². The van der Waals surface area contributed by atoms with Crippen LogP contribution in [0, 0.1) is 0 Å². The fraction of sp³-hybridized carbons (Fsp3) is 0.391. The zero-order valence-corrected chi connectivity index (χ0v) is 20.2. The number of hydrogen-bond acceptors (Lipinski definition) is 6. The molecule has 0 spiro atoms. The van der Waals surface area contributed by atoms with Gasteiger partial charge in [-0.3, -0.25) is 24.6 Å². The largest absolute Gasteiger partial charge is 0.368 e. The first kappa shape index (κ1) is 22.3. The van der Waals surface area contributed by atoms with E-state index in [-0.39, 0.29) is 24.1 Å². The molecule has 0 bridgehead atoms. The van der Waals surface area contributed by atoms with Crippen LogP contribution in [-0.2, 0) is 22.7 Å². The standard InChI is InChI=1S/C23H23BrClN5O3/c24-20-17(5-6-26-21(20)25)29-9-7-28(8-10-29)12-14-1-2-16-15(11-14)13-30(23(16)33)18-3-4-19(31)27-22(18)32/h1-2,5-6,11,18H,3-4,7-10,12-13H2,(H,27,31,32). The third-order valence-corrected chi connectivity index (χ3v) is 7.83. The summed E-state index contributed by atoms with van der Waals surface area (Å²) in [6, 6.07) is 7.32. The summed E-state index contributed by atoms with van der Waals surface area (Å²) in [5.74, 6) is -0.795. The summed E-state index contributed by atoms with van der Waals surface area (Å²) in [5.41, 5.74) is 3.79. The number of halogens is 2. The van der Waals surface area contributed by atoms with Gasteiger partial charge >= 0.3 is 0 Å². The van der Waals surface area contributed by atoms with Gasteiger partial charge in [0.05, 0.1) is 10.2 Å². The molecule has 33 heavy (non-hydrogen) atoms. The number of rotatable bonds is 4. The SMILES string of the molecule is O=C1CCC(N2Cc3cc(CN4CCN(c5ccnc(Cl)c5Br)CC4)ccc3C2=O)C(=O)N1. The molecule has 2 fully saturated rings. The molecule has 4 heterocycles. The number of hydrogen-bond donors (Lipinski definition) is 1. The van der Waals surface area contributed by atoms with Crippen LogP contribution in [0.3, 0.4) is 0 Å². The van der Waals surface area contributed by atoms with E-state index in [1.807, 2.05) is 18.2 Å². The van der Waals surface area contributed by atoms with Crippen LogP contribution in [0.15, 0.2) is 34.9 Å². The summed E-state index contributed by atoms with van der Waals surface area (Å²) in [6.07, 6.45) is 2.36. The molecule has 2 saturated heterocycles. The number of carbonyl (C=O) groups excluding carboxylic acids is 3. The summed E-state index contributed by atoms with van der Waals surface area (Å²) in [4.78, 5) is 46.9. The molecule has 1 atom stereocenters. The molecule has 172 valence electrons. The number of aromatic nitrogens is 1. The van der Waals surface area contributed by atoms with Crippen LogP contribution >= 0.6 is 27.5 Å². The molecule has 10 heteroatoms. The lowest BCUT2D eigenvalue weighted by Crippen LogP contribution is -2.52. The molecule has 3 aliphatic rings. The van der Waals surface area contributed by atoms with Gasteiger partial charge in [0.15, 0.2) is 0 Å². The quantitative estimate of drug-likeness (QED) is 0.481. The van der Waals surface area contributed by atoms with Gasteiger partial charge in [0.2, 0.25) is 11.8 Å². The van der Waals surface area contributed by atoms with Gasteiger partial charge in [-0.1, -0.05) is 23.7 Å². The Morgan fingerprint density at radius 3 is 2.67 bits per heavy atom. The van der Waals surface area contributed by atoms with Gasteiger partial charge < -0.3 is 9.80 Å². The highest BCUT2D eigenvalue weighted by atomic mass is 79.9. The van der Waals surface area contributed by atoms with E-state index in [4.69, 9.17) is 11.6 Å². The van der Waals surface area contributed by atoms with Crippen LogP contribution in [0.1, 0.15) is 34.3 Å². The Kier molecular flexibility index (Phi) is 6.11. The normalized spacial score (nSPS) is 21.4. The summed E-state index contributed by atoms with van der Waals surface area (Å²) in [5, 5.41) is 2.81. The molecule has 0 saturated carbocycles. The first-order valence-corrected chi connectivity index (χ1v) is 12.1. The molecule has 0 aliphatic carbocycles. The van der Waals surface area contributed by atoms with Gasteiger partial charge in [-0.15, -0.1) is 0 Å². The van der Waals surface area contributed by atoms with Crippen molar-refractivity contribution in [3.05, 3.63) is 56.8 Å². The average molecular weight is 533 g/mol. The van der Waals surface area contributed by atoms with Crippen LogP contribution in [0.5, 0.6) is 0 Å². The third kappa shape index (κ3) is 4.37. The molecule has 8 nitrogen and oxygen atoms in total. The highest BCUT2D eigenvalue weighted by molar-refractivity contribution is 9.10.